The number of benzene rings is 1. The first kappa shape index (κ1) is 15.7. The monoisotopic (exact) mass is 346 g/mol. The molecule has 8 heteroatoms. The summed E-state index contributed by atoms with van der Waals surface area (Å²) in [7, 11) is 0. The van der Waals surface area contributed by atoms with Gasteiger partial charge in [0.05, 0.1) is 30.4 Å². The molecule has 0 aliphatic heterocycles. The van der Waals surface area contributed by atoms with Gasteiger partial charge in [-0.05, 0) is 24.3 Å². The van der Waals surface area contributed by atoms with E-state index in [1.54, 1.807) is 30.8 Å². The van der Waals surface area contributed by atoms with E-state index in [2.05, 4.69) is 25.5 Å². The van der Waals surface area contributed by atoms with Crippen molar-refractivity contribution in [3.05, 3.63) is 78.7 Å². The van der Waals surface area contributed by atoms with Crippen LogP contribution in [0.15, 0.2) is 71.7 Å². The molecular weight excluding hydrogens is 332 g/mol. The van der Waals surface area contributed by atoms with Crippen LogP contribution in [0.5, 0.6) is 0 Å². The highest BCUT2D eigenvalue weighted by Gasteiger charge is 2.14. The molecule has 0 radical (unpaired) electrons. The van der Waals surface area contributed by atoms with Crippen molar-refractivity contribution in [1.29, 1.82) is 0 Å². The minimum Gasteiger partial charge on any atom is -0.463 e. The maximum Gasteiger partial charge on any atom is 0.273 e. The summed E-state index contributed by atoms with van der Waals surface area (Å²) in [5.41, 5.74) is 2.19. The highest BCUT2D eigenvalue weighted by Crippen LogP contribution is 2.19. The van der Waals surface area contributed by atoms with E-state index < -0.39 is 0 Å². The summed E-state index contributed by atoms with van der Waals surface area (Å²) in [5.74, 6) is 0.251. The third-order valence-corrected chi connectivity index (χ3v) is 3.66. The molecule has 26 heavy (non-hydrogen) atoms. The molecule has 1 amide bonds. The van der Waals surface area contributed by atoms with Crippen LogP contribution in [0.3, 0.4) is 0 Å². The highest BCUT2D eigenvalue weighted by molar-refractivity contribution is 5.91. The summed E-state index contributed by atoms with van der Waals surface area (Å²) in [4.78, 5) is 22.3. The maximum atomic E-state index is 12.4. The van der Waals surface area contributed by atoms with E-state index >= 15 is 0 Å². The van der Waals surface area contributed by atoms with E-state index in [9.17, 15) is 4.79 Å². The zero-order valence-electron chi connectivity index (χ0n) is 13.6. The van der Waals surface area contributed by atoms with E-state index in [1.807, 2.05) is 30.3 Å². The summed E-state index contributed by atoms with van der Waals surface area (Å²) in [6.07, 6.45) is 6.13. The standard InChI is InChI=1S/C18H14N6O2/c25-18(15-12-22-24(23-15)13-5-2-1-3-6-13)21-11-14-17(20-9-8-19-14)16-7-4-10-26-16/h1-10,12H,11H2,(H,21,25). The van der Waals surface area contributed by atoms with Crippen molar-refractivity contribution in [2.24, 2.45) is 0 Å². The number of carbonyl (C=O) groups excluding carboxylic acids is 1. The van der Waals surface area contributed by atoms with E-state index in [0.29, 0.717) is 17.1 Å². The Bertz CT molecular complexity index is 1010. The number of carbonyl (C=O) groups is 1. The quantitative estimate of drug-likeness (QED) is 0.595. The number of nitrogens with one attached hydrogen (secondary N) is 1. The van der Waals surface area contributed by atoms with Crippen LogP contribution in [0.1, 0.15) is 16.2 Å². The van der Waals surface area contributed by atoms with Crippen molar-refractivity contribution >= 4 is 5.91 Å². The van der Waals surface area contributed by atoms with Gasteiger partial charge in [0.15, 0.2) is 11.5 Å². The molecule has 4 aromatic rings. The van der Waals surface area contributed by atoms with Crippen LogP contribution in [0.25, 0.3) is 17.1 Å². The van der Waals surface area contributed by atoms with Gasteiger partial charge in [-0.3, -0.25) is 9.78 Å². The van der Waals surface area contributed by atoms with Gasteiger partial charge < -0.3 is 9.73 Å². The van der Waals surface area contributed by atoms with E-state index in [4.69, 9.17) is 4.42 Å². The molecule has 0 saturated carbocycles. The Hall–Kier alpha value is -3.81. The summed E-state index contributed by atoms with van der Waals surface area (Å²) in [6, 6.07) is 12.9. The van der Waals surface area contributed by atoms with E-state index in [0.717, 1.165) is 5.69 Å². The van der Waals surface area contributed by atoms with Crippen LogP contribution in [-0.4, -0.2) is 30.9 Å². The first-order chi connectivity index (χ1) is 12.8. The Kier molecular flexibility index (Phi) is 4.21. The second-order valence-corrected chi connectivity index (χ2v) is 5.37. The molecule has 8 nitrogen and oxygen atoms in total. The lowest BCUT2D eigenvalue weighted by molar-refractivity contribution is 0.0945. The largest absolute Gasteiger partial charge is 0.463 e. The Balaban J connectivity index is 1.48. The Labute approximate surface area is 148 Å². The second-order valence-electron chi connectivity index (χ2n) is 5.37. The molecule has 0 aliphatic carbocycles. The van der Waals surface area contributed by atoms with Crippen molar-refractivity contribution in [2.45, 2.75) is 6.54 Å². The molecular formula is C18H14N6O2. The molecule has 3 heterocycles. The summed E-state index contributed by atoms with van der Waals surface area (Å²) < 4.78 is 5.36. The average molecular weight is 346 g/mol. The lowest BCUT2D eigenvalue weighted by Crippen LogP contribution is -2.24. The van der Waals surface area contributed by atoms with Gasteiger partial charge in [0.1, 0.15) is 5.69 Å². The van der Waals surface area contributed by atoms with Gasteiger partial charge in [-0.25, -0.2) is 4.98 Å². The molecule has 4 rings (SSSR count). The predicted molar refractivity (Wildman–Crippen MR) is 92.3 cm³/mol. The lowest BCUT2D eigenvalue weighted by Gasteiger charge is -2.06. The molecule has 1 aromatic carbocycles. The first-order valence-electron chi connectivity index (χ1n) is 7.91. The minimum absolute atomic E-state index is 0.195. The zero-order chi connectivity index (χ0) is 17.8. The van der Waals surface area contributed by atoms with E-state index in [-0.39, 0.29) is 18.1 Å². The SMILES string of the molecule is O=C(NCc1nccnc1-c1ccco1)c1cnn(-c2ccccc2)n1. The maximum absolute atomic E-state index is 12.4. The molecule has 1 N–H and O–H groups in total. The lowest BCUT2D eigenvalue weighted by atomic mass is 10.2. The second kappa shape index (κ2) is 6.98. The summed E-state index contributed by atoms with van der Waals surface area (Å²) >= 11 is 0. The van der Waals surface area contributed by atoms with Gasteiger partial charge in [0.25, 0.3) is 5.91 Å². The van der Waals surface area contributed by atoms with Crippen molar-refractivity contribution < 1.29 is 9.21 Å². The molecule has 0 atom stereocenters. The number of hydrogen-bond acceptors (Lipinski definition) is 6. The molecule has 128 valence electrons. The molecule has 0 bridgehead atoms. The van der Waals surface area contributed by atoms with Crippen molar-refractivity contribution in [1.82, 2.24) is 30.3 Å². The fraction of sp³-hybridized carbons (Fsp3) is 0.0556. The van der Waals surface area contributed by atoms with Gasteiger partial charge in [-0.2, -0.15) is 9.90 Å². The van der Waals surface area contributed by atoms with Gasteiger partial charge in [-0.15, -0.1) is 5.10 Å². The van der Waals surface area contributed by atoms with Crippen LogP contribution in [0, 0.1) is 0 Å². The number of nitrogens with zero attached hydrogens (tertiary/aromatic N) is 5. The van der Waals surface area contributed by atoms with Gasteiger partial charge in [-0.1, -0.05) is 18.2 Å². The third kappa shape index (κ3) is 3.20. The number of hydrogen-bond donors (Lipinski definition) is 1. The normalized spacial score (nSPS) is 10.6. The van der Waals surface area contributed by atoms with Crippen molar-refractivity contribution in [3.63, 3.8) is 0 Å². The number of amides is 1. The fourth-order valence-electron chi connectivity index (χ4n) is 2.42. The molecule has 0 unspecified atom stereocenters. The molecule has 0 saturated heterocycles. The minimum atomic E-state index is -0.344. The zero-order valence-corrected chi connectivity index (χ0v) is 13.6. The molecule has 0 spiro atoms. The van der Waals surface area contributed by atoms with Crippen LogP contribution < -0.4 is 5.32 Å². The predicted octanol–water partition coefficient (Wildman–Crippen LogP) is 2.25. The molecule has 0 fully saturated rings. The van der Waals surface area contributed by atoms with Crippen LogP contribution >= 0.6 is 0 Å². The molecule has 3 aromatic heterocycles. The van der Waals surface area contributed by atoms with Crippen LogP contribution in [0.2, 0.25) is 0 Å². The Morgan fingerprint density at radius 2 is 1.92 bits per heavy atom. The first-order valence-corrected chi connectivity index (χ1v) is 7.91. The van der Waals surface area contributed by atoms with Crippen molar-refractivity contribution in [3.8, 4) is 17.1 Å². The third-order valence-electron chi connectivity index (χ3n) is 3.66. The average Bonchev–Trinajstić information content (AvgIpc) is 3.39. The topological polar surface area (TPSA) is 98.7 Å². The van der Waals surface area contributed by atoms with Gasteiger partial charge >= 0.3 is 0 Å². The Morgan fingerprint density at radius 1 is 1.08 bits per heavy atom. The number of furan rings is 1. The highest BCUT2D eigenvalue weighted by atomic mass is 16.3. The number of rotatable bonds is 5. The molecule has 0 aliphatic rings. The summed E-state index contributed by atoms with van der Waals surface area (Å²) in [6.45, 7) is 0.195. The number of aromatic nitrogens is 5. The van der Waals surface area contributed by atoms with Crippen molar-refractivity contribution in [2.75, 3.05) is 0 Å². The summed E-state index contributed by atoms with van der Waals surface area (Å²) in [5, 5.41) is 11.1. The van der Waals surface area contributed by atoms with Crippen LogP contribution in [0.4, 0.5) is 0 Å². The number of para-hydroxylation sites is 1. The van der Waals surface area contributed by atoms with Gasteiger partial charge in [0.2, 0.25) is 0 Å². The Morgan fingerprint density at radius 3 is 2.73 bits per heavy atom. The van der Waals surface area contributed by atoms with E-state index in [1.165, 1.54) is 11.0 Å². The van der Waals surface area contributed by atoms with Crippen LogP contribution in [-0.2, 0) is 6.54 Å². The fourth-order valence-corrected chi connectivity index (χ4v) is 2.42. The van der Waals surface area contributed by atoms with Gasteiger partial charge in [0, 0.05) is 12.4 Å². The smallest absolute Gasteiger partial charge is 0.273 e.